The molecule has 0 radical (unpaired) electrons. The van der Waals surface area contributed by atoms with Gasteiger partial charge < -0.3 is 14.4 Å². The molecule has 0 aliphatic carbocycles. The lowest BCUT2D eigenvalue weighted by Crippen LogP contribution is -2.46. The summed E-state index contributed by atoms with van der Waals surface area (Å²) in [7, 11) is 0. The second-order valence-corrected chi connectivity index (χ2v) is 5.57. The van der Waals surface area contributed by atoms with Crippen molar-refractivity contribution in [1.29, 1.82) is 0 Å². The van der Waals surface area contributed by atoms with Gasteiger partial charge in [0.25, 0.3) is 5.91 Å². The predicted molar refractivity (Wildman–Crippen MR) is 75.7 cm³/mol. The Hall–Kier alpha value is -1.10. The summed E-state index contributed by atoms with van der Waals surface area (Å²) in [5.74, 6) is 0.0860. The van der Waals surface area contributed by atoms with Crippen LogP contribution in [0.3, 0.4) is 0 Å². The topological polar surface area (TPSA) is 38.8 Å². The maximum Gasteiger partial charge on any atom is 0.251 e. The third kappa shape index (κ3) is 2.82. The second kappa shape index (κ2) is 6.12. The van der Waals surface area contributed by atoms with Crippen molar-refractivity contribution < 1.29 is 14.3 Å². The van der Waals surface area contributed by atoms with Gasteiger partial charge in [0, 0.05) is 23.7 Å². The van der Waals surface area contributed by atoms with Gasteiger partial charge in [-0.05, 0) is 18.9 Å². The van der Waals surface area contributed by atoms with Crippen LogP contribution in [0.25, 0.3) is 0 Å². The van der Waals surface area contributed by atoms with Crippen molar-refractivity contribution in [2.75, 3.05) is 26.3 Å². The first-order valence-corrected chi connectivity index (χ1v) is 7.40. The molecule has 0 spiro atoms. The Balaban J connectivity index is 1.70. The molecule has 20 heavy (non-hydrogen) atoms. The smallest absolute Gasteiger partial charge is 0.251 e. The quantitative estimate of drug-likeness (QED) is 0.841. The molecule has 1 aromatic rings. The lowest BCUT2D eigenvalue weighted by molar-refractivity contribution is -0.148. The Morgan fingerprint density at radius 3 is 2.85 bits per heavy atom. The number of carbonyl (C=O) groups is 1. The molecule has 3 rings (SSSR count). The van der Waals surface area contributed by atoms with Gasteiger partial charge in [0.05, 0.1) is 13.2 Å². The molecule has 0 saturated carbocycles. The molecule has 2 heterocycles. The van der Waals surface area contributed by atoms with E-state index < -0.39 is 0 Å². The summed E-state index contributed by atoms with van der Waals surface area (Å²) in [4.78, 5) is 14.2. The van der Waals surface area contributed by atoms with Crippen molar-refractivity contribution in [2.24, 2.45) is 0 Å². The SMILES string of the molecule is O=C(C1CCCO1)N1CCOC(c2ccccc2Cl)C1. The molecule has 5 heteroatoms. The van der Waals surface area contributed by atoms with E-state index in [2.05, 4.69) is 0 Å². The van der Waals surface area contributed by atoms with Crippen LogP contribution in [-0.2, 0) is 14.3 Å². The third-order valence-electron chi connectivity index (χ3n) is 3.84. The standard InChI is InChI=1S/C15H18ClNO3/c16-12-5-2-1-4-11(12)14-10-17(7-9-20-14)15(18)13-6-3-8-19-13/h1-2,4-5,13-14H,3,6-10H2. The number of nitrogens with zero attached hydrogens (tertiary/aromatic N) is 1. The van der Waals surface area contributed by atoms with Gasteiger partial charge in [-0.1, -0.05) is 29.8 Å². The largest absolute Gasteiger partial charge is 0.370 e. The summed E-state index contributed by atoms with van der Waals surface area (Å²) in [6.45, 7) is 2.39. The summed E-state index contributed by atoms with van der Waals surface area (Å²) in [5, 5.41) is 0.684. The van der Waals surface area contributed by atoms with E-state index in [1.807, 2.05) is 29.2 Å². The Labute approximate surface area is 123 Å². The first-order chi connectivity index (χ1) is 9.75. The highest BCUT2D eigenvalue weighted by molar-refractivity contribution is 6.31. The average Bonchev–Trinajstić information content (AvgIpc) is 3.01. The second-order valence-electron chi connectivity index (χ2n) is 5.17. The average molecular weight is 296 g/mol. The van der Waals surface area contributed by atoms with Crippen molar-refractivity contribution in [3.63, 3.8) is 0 Å². The van der Waals surface area contributed by atoms with Gasteiger partial charge in [-0.3, -0.25) is 4.79 Å². The van der Waals surface area contributed by atoms with Crippen LogP contribution in [0.5, 0.6) is 0 Å². The molecule has 2 aliphatic heterocycles. The summed E-state index contributed by atoms with van der Waals surface area (Å²) in [6.07, 6.45) is 1.38. The zero-order chi connectivity index (χ0) is 13.9. The van der Waals surface area contributed by atoms with E-state index in [1.54, 1.807) is 0 Å². The van der Waals surface area contributed by atoms with E-state index in [1.165, 1.54) is 0 Å². The lowest BCUT2D eigenvalue weighted by atomic mass is 10.1. The number of rotatable bonds is 2. The van der Waals surface area contributed by atoms with Crippen LogP contribution in [0.15, 0.2) is 24.3 Å². The number of carbonyl (C=O) groups excluding carboxylic acids is 1. The van der Waals surface area contributed by atoms with Crippen LogP contribution in [0.1, 0.15) is 24.5 Å². The van der Waals surface area contributed by atoms with Gasteiger partial charge in [0.1, 0.15) is 12.2 Å². The molecule has 2 atom stereocenters. The van der Waals surface area contributed by atoms with E-state index in [0.717, 1.165) is 18.4 Å². The highest BCUT2D eigenvalue weighted by Crippen LogP contribution is 2.29. The lowest BCUT2D eigenvalue weighted by Gasteiger charge is -2.34. The molecule has 4 nitrogen and oxygen atoms in total. The molecule has 0 aromatic heterocycles. The predicted octanol–water partition coefficient (Wildman–Crippen LogP) is 2.42. The number of benzene rings is 1. The fourth-order valence-electron chi connectivity index (χ4n) is 2.75. The number of amides is 1. The van der Waals surface area contributed by atoms with Crippen LogP contribution >= 0.6 is 11.6 Å². The third-order valence-corrected chi connectivity index (χ3v) is 4.18. The number of halogens is 1. The van der Waals surface area contributed by atoms with Gasteiger partial charge in [0.2, 0.25) is 0 Å². The van der Waals surface area contributed by atoms with Crippen LogP contribution in [0.2, 0.25) is 5.02 Å². The Kier molecular flexibility index (Phi) is 4.24. The monoisotopic (exact) mass is 295 g/mol. The first-order valence-electron chi connectivity index (χ1n) is 7.02. The molecular formula is C15H18ClNO3. The zero-order valence-electron chi connectivity index (χ0n) is 11.3. The van der Waals surface area contributed by atoms with E-state index >= 15 is 0 Å². The minimum atomic E-state index is -0.264. The maximum atomic E-state index is 12.4. The van der Waals surface area contributed by atoms with Gasteiger partial charge >= 0.3 is 0 Å². The summed E-state index contributed by atoms with van der Waals surface area (Å²) >= 11 is 6.20. The first kappa shape index (κ1) is 13.9. The van der Waals surface area contributed by atoms with E-state index in [9.17, 15) is 4.79 Å². The van der Waals surface area contributed by atoms with Gasteiger partial charge in [-0.25, -0.2) is 0 Å². The van der Waals surface area contributed by atoms with Gasteiger partial charge in [-0.15, -0.1) is 0 Å². The molecular weight excluding hydrogens is 278 g/mol. The van der Waals surface area contributed by atoms with Crippen molar-refractivity contribution in [3.05, 3.63) is 34.9 Å². The van der Waals surface area contributed by atoms with Crippen molar-refractivity contribution in [3.8, 4) is 0 Å². The minimum absolute atomic E-state index is 0.0860. The normalized spacial score (nSPS) is 26.8. The molecule has 0 N–H and O–H groups in total. The number of ether oxygens (including phenoxy) is 2. The van der Waals surface area contributed by atoms with Crippen LogP contribution in [0.4, 0.5) is 0 Å². The van der Waals surface area contributed by atoms with E-state index in [4.69, 9.17) is 21.1 Å². The fraction of sp³-hybridized carbons (Fsp3) is 0.533. The number of hydrogen-bond donors (Lipinski definition) is 0. The summed E-state index contributed by atoms with van der Waals surface area (Å²) < 4.78 is 11.2. The Morgan fingerprint density at radius 2 is 2.10 bits per heavy atom. The van der Waals surface area contributed by atoms with Crippen LogP contribution in [0, 0.1) is 0 Å². The molecule has 2 fully saturated rings. The van der Waals surface area contributed by atoms with E-state index in [-0.39, 0.29) is 18.1 Å². The van der Waals surface area contributed by atoms with Crippen LogP contribution < -0.4 is 0 Å². The summed E-state index contributed by atoms with van der Waals surface area (Å²) in [5.41, 5.74) is 0.944. The van der Waals surface area contributed by atoms with Crippen LogP contribution in [-0.4, -0.2) is 43.2 Å². The van der Waals surface area contributed by atoms with Crippen molar-refractivity contribution in [1.82, 2.24) is 4.90 Å². The van der Waals surface area contributed by atoms with Crippen molar-refractivity contribution >= 4 is 17.5 Å². The highest BCUT2D eigenvalue weighted by Gasteiger charge is 2.32. The molecule has 2 unspecified atom stereocenters. The summed E-state index contributed by atoms with van der Waals surface area (Å²) in [6, 6.07) is 7.63. The highest BCUT2D eigenvalue weighted by atomic mass is 35.5. The Morgan fingerprint density at radius 1 is 1.25 bits per heavy atom. The molecule has 2 aliphatic rings. The minimum Gasteiger partial charge on any atom is -0.370 e. The molecule has 2 saturated heterocycles. The molecule has 1 amide bonds. The fourth-order valence-corrected chi connectivity index (χ4v) is 3.01. The molecule has 1 aromatic carbocycles. The molecule has 0 bridgehead atoms. The maximum absolute atomic E-state index is 12.4. The zero-order valence-corrected chi connectivity index (χ0v) is 12.0. The Bertz CT molecular complexity index is 488. The number of morpholine rings is 1. The van der Waals surface area contributed by atoms with Gasteiger partial charge in [0.15, 0.2) is 0 Å². The molecule has 108 valence electrons. The van der Waals surface area contributed by atoms with E-state index in [0.29, 0.717) is 31.3 Å². The van der Waals surface area contributed by atoms with Crippen molar-refractivity contribution in [2.45, 2.75) is 25.0 Å². The van der Waals surface area contributed by atoms with Gasteiger partial charge in [-0.2, -0.15) is 0 Å². The number of hydrogen-bond acceptors (Lipinski definition) is 3.